The second-order valence-electron chi connectivity index (χ2n) is 7.51. The molecule has 1 aliphatic heterocycles. The number of nitro groups is 1. The molecule has 29 heavy (non-hydrogen) atoms. The molecule has 9 nitrogen and oxygen atoms in total. The Bertz CT molecular complexity index is 959. The molecule has 2 aromatic rings. The van der Waals surface area contributed by atoms with Crippen molar-refractivity contribution >= 4 is 28.5 Å². The number of alkyl halides is 2. The molecule has 156 valence electrons. The summed E-state index contributed by atoms with van der Waals surface area (Å²) in [5.74, 6) is -0.416. The molecule has 1 amide bonds. The van der Waals surface area contributed by atoms with Crippen molar-refractivity contribution in [1.82, 2.24) is 9.55 Å². The number of halogens is 2. The van der Waals surface area contributed by atoms with Gasteiger partial charge in [-0.2, -0.15) is 0 Å². The molecule has 1 aliphatic carbocycles. The van der Waals surface area contributed by atoms with E-state index in [0.29, 0.717) is 25.0 Å². The van der Waals surface area contributed by atoms with Gasteiger partial charge in [-0.15, -0.1) is 0 Å². The predicted molar refractivity (Wildman–Crippen MR) is 100 cm³/mol. The standard InChI is InChI=1S/C18H21F2N5O4/c19-16(20)17-22-14-12(24(17)11-3-4-11)5-6-13(25(27)28)15(14)23-7-1-2-10(8-23)9-29-18(21)26/h5-6,10-11,16H,1-4,7-9H2,(H2,21,26)/t10-/m1/s1. The summed E-state index contributed by atoms with van der Waals surface area (Å²) >= 11 is 0. The minimum absolute atomic E-state index is 0.0450. The number of fused-ring (bicyclic) bond motifs is 1. The van der Waals surface area contributed by atoms with Gasteiger partial charge >= 0.3 is 6.09 Å². The van der Waals surface area contributed by atoms with Gasteiger partial charge in [-0.25, -0.2) is 18.6 Å². The number of primary amides is 1. The number of anilines is 1. The van der Waals surface area contributed by atoms with Crippen LogP contribution in [0, 0.1) is 16.0 Å². The number of nitro benzene ring substituents is 1. The molecule has 2 N–H and O–H groups in total. The lowest BCUT2D eigenvalue weighted by molar-refractivity contribution is -0.384. The van der Waals surface area contributed by atoms with E-state index in [1.807, 2.05) is 0 Å². The van der Waals surface area contributed by atoms with Gasteiger partial charge in [0.1, 0.15) is 11.2 Å². The number of nitrogens with zero attached hydrogens (tertiary/aromatic N) is 4. The average Bonchev–Trinajstić information content (AvgIpc) is 3.44. The molecule has 1 atom stereocenters. The Labute approximate surface area is 164 Å². The molecule has 0 bridgehead atoms. The predicted octanol–water partition coefficient (Wildman–Crippen LogP) is 3.53. The number of imidazole rings is 1. The zero-order valence-corrected chi connectivity index (χ0v) is 15.6. The van der Waals surface area contributed by atoms with Gasteiger partial charge in [0.25, 0.3) is 12.1 Å². The second-order valence-corrected chi connectivity index (χ2v) is 7.51. The third kappa shape index (κ3) is 3.68. The maximum atomic E-state index is 13.6. The lowest BCUT2D eigenvalue weighted by Crippen LogP contribution is -2.38. The van der Waals surface area contributed by atoms with E-state index >= 15 is 0 Å². The summed E-state index contributed by atoms with van der Waals surface area (Å²) in [6.45, 7) is 1.01. The van der Waals surface area contributed by atoms with Crippen molar-refractivity contribution in [3.63, 3.8) is 0 Å². The SMILES string of the molecule is NC(=O)OC[C@@H]1CCCN(c2c([N+](=O)[O-])ccc3c2nc(C(F)F)n3C2CC2)C1. The van der Waals surface area contributed by atoms with Crippen molar-refractivity contribution in [3.05, 3.63) is 28.1 Å². The third-order valence-corrected chi connectivity index (χ3v) is 5.44. The molecule has 0 radical (unpaired) electrons. The summed E-state index contributed by atoms with van der Waals surface area (Å²) in [6.07, 6.45) is -0.591. The summed E-state index contributed by atoms with van der Waals surface area (Å²) in [7, 11) is 0. The van der Waals surface area contributed by atoms with Crippen molar-refractivity contribution < 1.29 is 23.2 Å². The minimum Gasteiger partial charge on any atom is -0.449 e. The van der Waals surface area contributed by atoms with Crippen molar-refractivity contribution in [1.29, 1.82) is 0 Å². The minimum atomic E-state index is -2.77. The fourth-order valence-electron chi connectivity index (χ4n) is 4.09. The number of carbonyl (C=O) groups excluding carboxylic acids is 1. The third-order valence-electron chi connectivity index (χ3n) is 5.44. The first-order valence-corrected chi connectivity index (χ1v) is 9.51. The molecule has 1 saturated carbocycles. The lowest BCUT2D eigenvalue weighted by Gasteiger charge is -2.33. The largest absolute Gasteiger partial charge is 0.449 e. The molecule has 1 aromatic heterocycles. The van der Waals surface area contributed by atoms with Crippen LogP contribution in [-0.4, -0.2) is 40.3 Å². The molecule has 2 aliphatic rings. The quantitative estimate of drug-likeness (QED) is 0.576. The summed E-state index contributed by atoms with van der Waals surface area (Å²) in [4.78, 5) is 28.0. The van der Waals surface area contributed by atoms with Gasteiger partial charge in [0.05, 0.1) is 17.0 Å². The highest BCUT2D eigenvalue weighted by Crippen LogP contribution is 2.45. The Balaban J connectivity index is 1.79. The number of nitrogens with two attached hydrogens (primary N) is 1. The highest BCUT2D eigenvalue weighted by atomic mass is 19.3. The monoisotopic (exact) mass is 409 g/mol. The summed E-state index contributed by atoms with van der Waals surface area (Å²) in [5, 5.41) is 11.7. The van der Waals surface area contributed by atoms with Crippen LogP contribution in [0.3, 0.4) is 0 Å². The fourth-order valence-corrected chi connectivity index (χ4v) is 4.09. The van der Waals surface area contributed by atoms with Gasteiger partial charge < -0.3 is 19.9 Å². The number of benzene rings is 1. The molecule has 0 spiro atoms. The number of aromatic nitrogens is 2. The molecular weight excluding hydrogens is 388 g/mol. The van der Waals surface area contributed by atoms with Gasteiger partial charge in [0.2, 0.25) is 0 Å². The van der Waals surface area contributed by atoms with E-state index in [9.17, 15) is 23.7 Å². The van der Waals surface area contributed by atoms with Crippen LogP contribution in [-0.2, 0) is 4.74 Å². The van der Waals surface area contributed by atoms with Crippen molar-refractivity contribution in [3.8, 4) is 0 Å². The van der Waals surface area contributed by atoms with Crippen molar-refractivity contribution in [2.45, 2.75) is 38.2 Å². The molecular formula is C18H21F2N5O4. The summed E-state index contributed by atoms with van der Waals surface area (Å²) in [6, 6.07) is 2.82. The molecule has 11 heteroatoms. The normalized spacial score (nSPS) is 19.7. The molecule has 2 heterocycles. The van der Waals surface area contributed by atoms with Crippen molar-refractivity contribution in [2.24, 2.45) is 11.7 Å². The fraction of sp³-hybridized carbons (Fsp3) is 0.556. The lowest BCUT2D eigenvalue weighted by atomic mass is 9.98. The Kier molecular flexibility index (Phi) is 4.97. The second kappa shape index (κ2) is 7.45. The summed E-state index contributed by atoms with van der Waals surface area (Å²) in [5.41, 5.74) is 5.81. The Morgan fingerprint density at radius 3 is 2.76 bits per heavy atom. The van der Waals surface area contributed by atoms with E-state index in [4.69, 9.17) is 10.5 Å². The number of hydrogen-bond donors (Lipinski definition) is 1. The highest BCUT2D eigenvalue weighted by Gasteiger charge is 2.35. The molecule has 4 rings (SSSR count). The molecule has 2 fully saturated rings. The first kappa shape index (κ1) is 19.3. The Morgan fingerprint density at radius 1 is 1.38 bits per heavy atom. The zero-order valence-electron chi connectivity index (χ0n) is 15.6. The van der Waals surface area contributed by atoms with E-state index in [1.54, 1.807) is 4.90 Å². The maximum Gasteiger partial charge on any atom is 0.404 e. The van der Waals surface area contributed by atoms with Gasteiger partial charge in [0.15, 0.2) is 5.82 Å². The first-order valence-electron chi connectivity index (χ1n) is 9.51. The Morgan fingerprint density at radius 2 is 2.14 bits per heavy atom. The Hall–Kier alpha value is -2.98. The highest BCUT2D eigenvalue weighted by molar-refractivity contribution is 5.95. The number of piperidine rings is 1. The zero-order chi connectivity index (χ0) is 20.7. The number of hydrogen-bond acceptors (Lipinski definition) is 6. The van der Waals surface area contributed by atoms with Crippen LogP contribution in [0.1, 0.15) is 44.0 Å². The van der Waals surface area contributed by atoms with E-state index < -0.39 is 17.4 Å². The average molecular weight is 409 g/mol. The van der Waals surface area contributed by atoms with Crippen LogP contribution in [0.4, 0.5) is 25.0 Å². The van der Waals surface area contributed by atoms with E-state index in [2.05, 4.69) is 4.98 Å². The number of rotatable bonds is 6. The smallest absolute Gasteiger partial charge is 0.404 e. The van der Waals surface area contributed by atoms with Crippen LogP contribution in [0.2, 0.25) is 0 Å². The number of ether oxygens (including phenoxy) is 1. The number of carbonyl (C=O) groups is 1. The van der Waals surface area contributed by atoms with Crippen LogP contribution in [0.15, 0.2) is 12.1 Å². The van der Waals surface area contributed by atoms with Gasteiger partial charge in [-0.05, 0) is 31.7 Å². The van der Waals surface area contributed by atoms with E-state index in [1.165, 1.54) is 16.7 Å². The maximum absolute atomic E-state index is 13.6. The van der Waals surface area contributed by atoms with Gasteiger partial charge in [-0.3, -0.25) is 10.1 Å². The first-order chi connectivity index (χ1) is 13.9. The topological polar surface area (TPSA) is 117 Å². The van der Waals surface area contributed by atoms with Crippen LogP contribution in [0.5, 0.6) is 0 Å². The molecule has 0 unspecified atom stereocenters. The molecule has 1 saturated heterocycles. The van der Waals surface area contributed by atoms with Crippen LogP contribution >= 0.6 is 0 Å². The number of amides is 1. The van der Waals surface area contributed by atoms with Crippen LogP contribution in [0.25, 0.3) is 11.0 Å². The molecule has 1 aromatic carbocycles. The summed E-state index contributed by atoms with van der Waals surface area (Å²) < 4.78 is 33.7. The van der Waals surface area contributed by atoms with E-state index in [0.717, 1.165) is 19.3 Å². The van der Waals surface area contributed by atoms with Gasteiger partial charge in [0, 0.05) is 31.1 Å². The van der Waals surface area contributed by atoms with Crippen molar-refractivity contribution in [2.75, 3.05) is 24.6 Å². The van der Waals surface area contributed by atoms with E-state index in [-0.39, 0.29) is 41.3 Å². The van der Waals surface area contributed by atoms with Gasteiger partial charge in [-0.1, -0.05) is 0 Å². The van der Waals surface area contributed by atoms with Crippen LogP contribution < -0.4 is 10.6 Å².